The van der Waals surface area contributed by atoms with Crippen LogP contribution in [0.4, 0.5) is 0 Å². The second-order valence-corrected chi connectivity index (χ2v) is 8.77. The number of nitrogens with one attached hydrogen (secondary N) is 1. The first-order valence-electron chi connectivity index (χ1n) is 8.74. The molecule has 1 amide bonds. The summed E-state index contributed by atoms with van der Waals surface area (Å²) in [6.07, 6.45) is 6.20. The van der Waals surface area contributed by atoms with Crippen molar-refractivity contribution in [3.8, 4) is 0 Å². The number of fused-ring (bicyclic) bond motifs is 1. The van der Waals surface area contributed by atoms with E-state index >= 15 is 0 Å². The molecule has 1 saturated carbocycles. The summed E-state index contributed by atoms with van der Waals surface area (Å²) in [4.78, 5) is 23.4. The predicted octanol–water partition coefficient (Wildman–Crippen LogP) is 4.29. The van der Waals surface area contributed by atoms with E-state index in [1.54, 1.807) is 17.7 Å². The lowest BCUT2D eigenvalue weighted by atomic mass is 9.78. The Balaban J connectivity index is 1.61. The van der Waals surface area contributed by atoms with Gasteiger partial charge in [0, 0.05) is 16.3 Å². The largest absolute Gasteiger partial charge is 0.352 e. The molecule has 1 fully saturated rings. The fourth-order valence-corrected chi connectivity index (χ4v) is 5.12. The summed E-state index contributed by atoms with van der Waals surface area (Å²) < 4.78 is 0. The van der Waals surface area contributed by atoms with Crippen LogP contribution < -0.4 is 5.32 Å². The highest BCUT2D eigenvalue weighted by molar-refractivity contribution is 8.00. The Bertz CT molecular complexity index is 715. The summed E-state index contributed by atoms with van der Waals surface area (Å²) >= 11 is 3.23. The van der Waals surface area contributed by atoms with Crippen LogP contribution in [0.2, 0.25) is 0 Å². The van der Waals surface area contributed by atoms with E-state index in [4.69, 9.17) is 0 Å². The average molecular weight is 364 g/mol. The molecule has 3 rings (SSSR count). The van der Waals surface area contributed by atoms with Crippen LogP contribution in [0.25, 0.3) is 10.2 Å². The van der Waals surface area contributed by atoms with E-state index < -0.39 is 0 Å². The molecule has 1 aliphatic rings. The highest BCUT2D eigenvalue weighted by Crippen LogP contribution is 2.32. The summed E-state index contributed by atoms with van der Waals surface area (Å²) in [7, 11) is 0. The lowest BCUT2D eigenvalue weighted by Crippen LogP contribution is -2.44. The molecule has 0 unspecified atom stereocenters. The zero-order chi connectivity index (χ0) is 17.1. The van der Waals surface area contributed by atoms with Gasteiger partial charge in [0.15, 0.2) is 0 Å². The summed E-state index contributed by atoms with van der Waals surface area (Å²) in [6, 6.07) is 2.48. The summed E-state index contributed by atoms with van der Waals surface area (Å²) in [5.74, 6) is 1.78. The molecule has 2 heterocycles. The summed E-state index contributed by atoms with van der Waals surface area (Å²) in [5, 5.41) is 5.23. The quantitative estimate of drug-likeness (QED) is 0.636. The van der Waals surface area contributed by atoms with Gasteiger partial charge in [-0.2, -0.15) is 0 Å². The van der Waals surface area contributed by atoms with Gasteiger partial charge in [0.2, 0.25) is 5.91 Å². The van der Waals surface area contributed by atoms with Gasteiger partial charge in [0.1, 0.15) is 16.2 Å². The van der Waals surface area contributed by atoms with Crippen molar-refractivity contribution in [2.75, 3.05) is 5.75 Å². The van der Waals surface area contributed by atoms with Crippen LogP contribution in [-0.4, -0.2) is 27.7 Å². The molecule has 0 bridgehead atoms. The fourth-order valence-electron chi connectivity index (χ4n) is 3.34. The number of aromatic nitrogens is 2. The lowest BCUT2D eigenvalue weighted by Gasteiger charge is -2.34. The Morgan fingerprint density at radius 3 is 3.00 bits per heavy atom. The van der Waals surface area contributed by atoms with Crippen LogP contribution in [0.3, 0.4) is 0 Å². The first kappa shape index (κ1) is 17.7. The molecule has 2 aromatic heterocycles. The highest BCUT2D eigenvalue weighted by atomic mass is 32.2. The van der Waals surface area contributed by atoms with Gasteiger partial charge in [0.25, 0.3) is 0 Å². The number of aryl methyl sites for hydroxylation is 1. The molecule has 130 valence electrons. The second kappa shape index (κ2) is 7.83. The maximum absolute atomic E-state index is 12.4. The third-order valence-corrected chi connectivity index (χ3v) is 7.28. The van der Waals surface area contributed by atoms with Crippen LogP contribution in [-0.2, 0) is 11.2 Å². The van der Waals surface area contributed by atoms with E-state index in [1.165, 1.54) is 29.5 Å². The fraction of sp³-hybridized carbons (Fsp3) is 0.611. The minimum absolute atomic E-state index is 0.114. The Hall–Kier alpha value is -1.14. The smallest absolute Gasteiger partial charge is 0.230 e. The van der Waals surface area contributed by atoms with Gasteiger partial charge >= 0.3 is 0 Å². The van der Waals surface area contributed by atoms with Gasteiger partial charge in [-0.25, -0.2) is 9.97 Å². The first-order valence-corrected chi connectivity index (χ1v) is 10.5. The maximum atomic E-state index is 12.4. The lowest BCUT2D eigenvalue weighted by molar-refractivity contribution is -0.119. The summed E-state index contributed by atoms with van der Waals surface area (Å²) in [6.45, 7) is 6.69. The van der Waals surface area contributed by atoms with Crippen molar-refractivity contribution < 1.29 is 4.79 Å². The highest BCUT2D eigenvalue weighted by Gasteiger charge is 2.28. The second-order valence-electron chi connectivity index (χ2n) is 6.69. The molecule has 6 heteroatoms. The van der Waals surface area contributed by atoms with Crippen molar-refractivity contribution in [3.63, 3.8) is 0 Å². The van der Waals surface area contributed by atoms with Gasteiger partial charge in [-0.05, 0) is 30.7 Å². The third-order valence-electron chi connectivity index (χ3n) is 5.09. The number of rotatable bonds is 5. The maximum Gasteiger partial charge on any atom is 0.230 e. The monoisotopic (exact) mass is 363 g/mol. The van der Waals surface area contributed by atoms with Gasteiger partial charge in [-0.1, -0.05) is 45.4 Å². The molecule has 1 N–H and O–H groups in total. The van der Waals surface area contributed by atoms with Crippen LogP contribution in [0.15, 0.2) is 17.4 Å². The summed E-state index contributed by atoms with van der Waals surface area (Å²) in [5.41, 5.74) is 0. The SMILES string of the molecule is CCc1cc2c(SCC(=O)N[C@H]3CCC[C@@H](C)[C@@H]3C)ncnc2s1. The number of amides is 1. The zero-order valence-corrected chi connectivity index (χ0v) is 16.2. The number of thioether (sulfide) groups is 1. The third kappa shape index (κ3) is 3.91. The topological polar surface area (TPSA) is 54.9 Å². The Kier molecular flexibility index (Phi) is 5.76. The molecule has 0 radical (unpaired) electrons. The van der Waals surface area contributed by atoms with E-state index in [0.29, 0.717) is 23.6 Å². The van der Waals surface area contributed by atoms with Gasteiger partial charge < -0.3 is 5.32 Å². The average Bonchev–Trinajstić information content (AvgIpc) is 3.01. The van der Waals surface area contributed by atoms with Gasteiger partial charge in [-0.3, -0.25) is 4.79 Å². The van der Waals surface area contributed by atoms with Crippen LogP contribution in [0.5, 0.6) is 0 Å². The van der Waals surface area contributed by atoms with E-state index in [1.807, 2.05) is 0 Å². The normalized spacial score (nSPS) is 24.2. The molecule has 4 nitrogen and oxygen atoms in total. The minimum atomic E-state index is 0.114. The first-order chi connectivity index (χ1) is 11.6. The van der Waals surface area contributed by atoms with Crippen molar-refractivity contribution in [1.29, 1.82) is 0 Å². The van der Waals surface area contributed by atoms with Gasteiger partial charge in [-0.15, -0.1) is 11.3 Å². The van der Waals surface area contributed by atoms with Crippen LogP contribution >= 0.6 is 23.1 Å². The number of hydrogen-bond donors (Lipinski definition) is 1. The molecular formula is C18H25N3OS2. The molecule has 2 aromatic rings. The molecule has 0 aromatic carbocycles. The molecule has 0 saturated heterocycles. The van der Waals surface area contributed by atoms with Crippen molar-refractivity contribution in [1.82, 2.24) is 15.3 Å². The minimum Gasteiger partial charge on any atom is -0.352 e. The molecule has 1 aliphatic carbocycles. The van der Waals surface area contributed by atoms with Crippen molar-refractivity contribution >= 4 is 39.2 Å². The standard InChI is InChI=1S/C18H25N3OS2/c1-4-13-8-14-17(19-10-20-18(14)24-13)23-9-16(22)21-15-7-5-6-11(2)12(15)3/h8,10-12,15H,4-7,9H2,1-3H3,(H,21,22)/t11-,12+,15+/m1/s1. The van der Waals surface area contributed by atoms with Crippen molar-refractivity contribution in [3.05, 3.63) is 17.3 Å². The van der Waals surface area contributed by atoms with Crippen LogP contribution in [0, 0.1) is 11.8 Å². The van der Waals surface area contributed by atoms with Crippen molar-refractivity contribution in [2.45, 2.75) is 57.5 Å². The van der Waals surface area contributed by atoms with Gasteiger partial charge in [0.05, 0.1) is 5.75 Å². The molecule has 0 aliphatic heterocycles. The number of hydrogen-bond acceptors (Lipinski definition) is 5. The van der Waals surface area contributed by atoms with Crippen LogP contribution in [0.1, 0.15) is 44.9 Å². The van der Waals surface area contributed by atoms with E-state index in [-0.39, 0.29) is 5.91 Å². The van der Waals surface area contributed by atoms with E-state index in [9.17, 15) is 4.79 Å². The molecule has 24 heavy (non-hydrogen) atoms. The molecule has 0 spiro atoms. The number of carbonyl (C=O) groups excluding carboxylic acids is 1. The number of thiophene rings is 1. The molecule has 3 atom stereocenters. The Morgan fingerprint density at radius 2 is 2.21 bits per heavy atom. The van der Waals surface area contributed by atoms with E-state index in [2.05, 4.69) is 42.1 Å². The van der Waals surface area contributed by atoms with Crippen molar-refractivity contribution in [2.24, 2.45) is 11.8 Å². The zero-order valence-electron chi connectivity index (χ0n) is 14.5. The van der Waals surface area contributed by atoms with E-state index in [0.717, 1.165) is 28.1 Å². The number of nitrogens with zero attached hydrogens (tertiary/aromatic N) is 2. The Labute approximate surface area is 151 Å². The predicted molar refractivity (Wildman–Crippen MR) is 102 cm³/mol. The number of carbonyl (C=O) groups is 1. The Morgan fingerprint density at radius 1 is 1.38 bits per heavy atom. The molecular weight excluding hydrogens is 338 g/mol.